The number of benzene rings is 1. The quantitative estimate of drug-likeness (QED) is 0.714. The minimum Gasteiger partial charge on any atom is -0.493 e. The van der Waals surface area contributed by atoms with Crippen LogP contribution in [-0.4, -0.2) is 59.1 Å². The minimum atomic E-state index is 0.371. The first kappa shape index (κ1) is 16.3. The van der Waals surface area contributed by atoms with Gasteiger partial charge in [-0.25, -0.2) is 0 Å². The molecule has 132 valence electrons. The van der Waals surface area contributed by atoms with Gasteiger partial charge in [0.1, 0.15) is 0 Å². The molecule has 25 heavy (non-hydrogen) atoms. The Kier molecular flexibility index (Phi) is 4.30. The Morgan fingerprint density at radius 3 is 2.84 bits per heavy atom. The van der Waals surface area contributed by atoms with E-state index in [0.29, 0.717) is 17.4 Å². The van der Waals surface area contributed by atoms with E-state index < -0.39 is 0 Å². The maximum absolute atomic E-state index is 5.54. The lowest BCUT2D eigenvalue weighted by Crippen LogP contribution is -2.31. The summed E-state index contributed by atoms with van der Waals surface area (Å²) in [6.07, 6.45) is 2.30. The molecule has 0 N–H and O–H groups in total. The molecule has 1 fully saturated rings. The molecule has 1 atom stereocenters. The van der Waals surface area contributed by atoms with Crippen molar-refractivity contribution < 1.29 is 9.47 Å². The van der Waals surface area contributed by atoms with Gasteiger partial charge in [-0.05, 0) is 38.6 Å². The van der Waals surface area contributed by atoms with Crippen LogP contribution in [0, 0.1) is 0 Å². The van der Waals surface area contributed by atoms with Crippen molar-refractivity contribution in [1.29, 1.82) is 0 Å². The van der Waals surface area contributed by atoms with Gasteiger partial charge in [0.2, 0.25) is 4.96 Å². The van der Waals surface area contributed by atoms with E-state index in [1.807, 2.05) is 22.7 Å². The fourth-order valence-corrected chi connectivity index (χ4v) is 4.30. The first-order valence-electron chi connectivity index (χ1n) is 8.33. The smallest absolute Gasteiger partial charge is 0.234 e. The van der Waals surface area contributed by atoms with E-state index in [-0.39, 0.29) is 0 Å². The normalized spacial score (nSPS) is 18.6. The summed E-state index contributed by atoms with van der Waals surface area (Å²) in [5, 5.41) is 14.4. The number of hydrogen-bond donors (Lipinski definition) is 0. The van der Waals surface area contributed by atoms with Crippen LogP contribution in [0.25, 0.3) is 15.5 Å². The number of nitrogens with zero attached hydrogens (tertiary/aromatic N) is 5. The van der Waals surface area contributed by atoms with E-state index in [1.54, 1.807) is 14.2 Å². The Bertz CT molecular complexity index is 890. The third kappa shape index (κ3) is 2.85. The fraction of sp³-hybridized carbons (Fsp3) is 0.471. The molecule has 1 aliphatic heterocycles. The van der Waals surface area contributed by atoms with Crippen molar-refractivity contribution in [3.05, 3.63) is 24.0 Å². The number of likely N-dealkylation sites (N-methyl/N-ethyl adjacent to an activating group) is 1. The highest BCUT2D eigenvalue weighted by Gasteiger charge is 2.26. The summed E-state index contributed by atoms with van der Waals surface area (Å²) in [5.41, 5.74) is 0.907. The standard InChI is InChI=1S/C17H21N5O2S/c1-21-9-5-6-11(10-21)15-18-19-17-22(15)20-16(25-17)12-7-4-8-13(23-2)14(12)24-3/h4,7-8,11H,5-6,9-10H2,1-3H3. The maximum atomic E-state index is 5.54. The molecular formula is C17H21N5O2S. The first-order chi connectivity index (χ1) is 12.2. The predicted octanol–water partition coefficient (Wildman–Crippen LogP) is 2.68. The second-order valence-electron chi connectivity index (χ2n) is 6.30. The molecule has 1 saturated heterocycles. The molecule has 4 rings (SSSR count). The van der Waals surface area contributed by atoms with Gasteiger partial charge in [-0.1, -0.05) is 17.4 Å². The molecule has 1 aromatic carbocycles. The molecule has 0 amide bonds. The second-order valence-corrected chi connectivity index (χ2v) is 7.26. The van der Waals surface area contributed by atoms with Crippen LogP contribution in [0.4, 0.5) is 0 Å². The molecule has 0 radical (unpaired) electrons. The molecule has 3 aromatic rings. The van der Waals surface area contributed by atoms with Gasteiger partial charge in [0.25, 0.3) is 0 Å². The molecule has 0 aliphatic carbocycles. The second kappa shape index (κ2) is 6.61. The Hall–Kier alpha value is -2.19. The van der Waals surface area contributed by atoms with Gasteiger partial charge in [0.05, 0.1) is 19.8 Å². The molecule has 2 aromatic heterocycles. The Labute approximate surface area is 150 Å². The third-order valence-electron chi connectivity index (χ3n) is 4.64. The van der Waals surface area contributed by atoms with Crippen molar-refractivity contribution in [3.63, 3.8) is 0 Å². The van der Waals surface area contributed by atoms with Gasteiger partial charge in [0.15, 0.2) is 22.3 Å². The third-order valence-corrected chi connectivity index (χ3v) is 5.57. The molecule has 7 nitrogen and oxygen atoms in total. The van der Waals surface area contributed by atoms with Crippen LogP contribution in [-0.2, 0) is 0 Å². The number of fused-ring (bicyclic) bond motifs is 1. The topological polar surface area (TPSA) is 64.8 Å². The Balaban J connectivity index is 1.76. The summed E-state index contributed by atoms with van der Waals surface area (Å²) in [7, 11) is 5.43. The summed E-state index contributed by atoms with van der Waals surface area (Å²) >= 11 is 1.51. The number of ether oxygens (including phenoxy) is 2. The predicted molar refractivity (Wildman–Crippen MR) is 96.7 cm³/mol. The summed E-state index contributed by atoms with van der Waals surface area (Å²) in [6.45, 7) is 2.14. The number of para-hydroxylation sites is 1. The SMILES string of the molecule is COc1cccc(-c2nn3c(C4CCCN(C)C4)nnc3s2)c1OC. The van der Waals surface area contributed by atoms with Gasteiger partial charge in [0, 0.05) is 12.5 Å². The average molecular weight is 359 g/mol. The number of piperidine rings is 1. The van der Waals surface area contributed by atoms with Crippen molar-refractivity contribution >= 4 is 16.3 Å². The lowest BCUT2D eigenvalue weighted by Gasteiger charge is -2.28. The zero-order chi connectivity index (χ0) is 17.4. The molecule has 0 bridgehead atoms. The van der Waals surface area contributed by atoms with E-state index in [1.165, 1.54) is 17.8 Å². The summed E-state index contributed by atoms with van der Waals surface area (Å²) in [5.74, 6) is 2.70. The van der Waals surface area contributed by atoms with Crippen molar-refractivity contribution in [2.75, 3.05) is 34.4 Å². The monoisotopic (exact) mass is 359 g/mol. The van der Waals surface area contributed by atoms with Crippen molar-refractivity contribution in [1.82, 2.24) is 24.7 Å². The van der Waals surface area contributed by atoms with Crippen molar-refractivity contribution in [3.8, 4) is 22.1 Å². The van der Waals surface area contributed by atoms with Gasteiger partial charge < -0.3 is 14.4 Å². The fourth-order valence-electron chi connectivity index (χ4n) is 3.43. The molecule has 0 saturated carbocycles. The van der Waals surface area contributed by atoms with Gasteiger partial charge in [-0.15, -0.1) is 10.2 Å². The zero-order valence-electron chi connectivity index (χ0n) is 14.6. The van der Waals surface area contributed by atoms with E-state index in [2.05, 4.69) is 22.1 Å². The summed E-state index contributed by atoms with van der Waals surface area (Å²) < 4.78 is 12.8. The average Bonchev–Trinajstić information content (AvgIpc) is 3.21. The van der Waals surface area contributed by atoms with Gasteiger partial charge >= 0.3 is 0 Å². The molecule has 1 unspecified atom stereocenters. The zero-order valence-corrected chi connectivity index (χ0v) is 15.4. The maximum Gasteiger partial charge on any atom is 0.234 e. The number of rotatable bonds is 4. The van der Waals surface area contributed by atoms with E-state index >= 15 is 0 Å². The van der Waals surface area contributed by atoms with Crippen LogP contribution in [0.1, 0.15) is 24.6 Å². The molecule has 8 heteroatoms. The minimum absolute atomic E-state index is 0.371. The van der Waals surface area contributed by atoms with Crippen LogP contribution in [0.2, 0.25) is 0 Å². The van der Waals surface area contributed by atoms with E-state index in [4.69, 9.17) is 14.6 Å². The Morgan fingerprint density at radius 1 is 1.20 bits per heavy atom. The highest BCUT2D eigenvalue weighted by atomic mass is 32.1. The Morgan fingerprint density at radius 2 is 2.08 bits per heavy atom. The van der Waals surface area contributed by atoms with Gasteiger partial charge in [-0.2, -0.15) is 9.61 Å². The largest absolute Gasteiger partial charge is 0.493 e. The van der Waals surface area contributed by atoms with Crippen LogP contribution in [0.3, 0.4) is 0 Å². The molecule has 1 aliphatic rings. The number of aromatic nitrogens is 4. The molecule has 0 spiro atoms. The number of methoxy groups -OCH3 is 2. The summed E-state index contributed by atoms with van der Waals surface area (Å²) in [6, 6.07) is 5.81. The van der Waals surface area contributed by atoms with Crippen LogP contribution >= 0.6 is 11.3 Å². The van der Waals surface area contributed by atoms with E-state index in [0.717, 1.165) is 40.9 Å². The van der Waals surface area contributed by atoms with Crippen molar-refractivity contribution in [2.24, 2.45) is 0 Å². The van der Waals surface area contributed by atoms with Crippen molar-refractivity contribution in [2.45, 2.75) is 18.8 Å². The summed E-state index contributed by atoms with van der Waals surface area (Å²) in [4.78, 5) is 3.15. The highest BCUT2D eigenvalue weighted by molar-refractivity contribution is 7.19. The molecule has 3 heterocycles. The number of likely N-dealkylation sites (tertiary alicyclic amines) is 1. The number of hydrogen-bond acceptors (Lipinski definition) is 7. The van der Waals surface area contributed by atoms with Gasteiger partial charge in [-0.3, -0.25) is 0 Å². The van der Waals surface area contributed by atoms with E-state index in [9.17, 15) is 0 Å². The lowest BCUT2D eigenvalue weighted by molar-refractivity contribution is 0.244. The van der Waals surface area contributed by atoms with Crippen LogP contribution < -0.4 is 9.47 Å². The van der Waals surface area contributed by atoms with Crippen LogP contribution in [0.15, 0.2) is 18.2 Å². The highest BCUT2D eigenvalue weighted by Crippen LogP contribution is 2.39. The first-order valence-corrected chi connectivity index (χ1v) is 9.15. The molecular weight excluding hydrogens is 338 g/mol. The lowest BCUT2D eigenvalue weighted by atomic mass is 9.98. The van der Waals surface area contributed by atoms with Crippen LogP contribution in [0.5, 0.6) is 11.5 Å².